The first-order valence-corrected chi connectivity index (χ1v) is 7.00. The number of carbonyl (C=O) groups is 2. The van der Waals surface area contributed by atoms with E-state index in [0.29, 0.717) is 22.9 Å². The number of esters is 1. The van der Waals surface area contributed by atoms with E-state index in [2.05, 4.69) is 10.1 Å². The van der Waals surface area contributed by atoms with E-state index in [1.54, 1.807) is 37.5 Å². The molecule has 0 saturated heterocycles. The Balaban J connectivity index is 1.86. The van der Waals surface area contributed by atoms with Crippen molar-refractivity contribution in [2.75, 3.05) is 12.4 Å². The third kappa shape index (κ3) is 2.36. The van der Waals surface area contributed by atoms with Gasteiger partial charge in [0.15, 0.2) is 0 Å². The molecule has 2 unspecified atom stereocenters. The molecule has 1 aliphatic rings. The van der Waals surface area contributed by atoms with Crippen LogP contribution in [0.1, 0.15) is 6.42 Å². The summed E-state index contributed by atoms with van der Waals surface area (Å²) in [6.07, 6.45) is 2.17. The smallest absolute Gasteiger partial charge is 0.309 e. The molecular weight excluding hydrogens is 284 g/mol. The third-order valence-corrected chi connectivity index (χ3v) is 4.01. The van der Waals surface area contributed by atoms with Crippen LogP contribution in [0.25, 0.3) is 10.8 Å². The van der Waals surface area contributed by atoms with Crippen LogP contribution in [0.5, 0.6) is 0 Å². The fourth-order valence-electron chi connectivity index (χ4n) is 2.61. The molecule has 1 aromatic carbocycles. The molecule has 1 saturated carbocycles. The number of methoxy groups -OCH3 is 1. The number of hydrogen-bond donors (Lipinski definition) is 1. The Labute approximate surface area is 126 Å². The standard InChI is InChI=1S/C16H16N2O4/c1-18-7-6-9-10(15(18)20)4-3-5-13(9)17-14(19)11-8-12(11)16(21)22-2/h3-7,11-12H,8H2,1-2H3,(H,17,19). The number of carbonyl (C=O) groups excluding carboxylic acids is 2. The van der Waals surface area contributed by atoms with Gasteiger partial charge in [0.25, 0.3) is 5.56 Å². The van der Waals surface area contributed by atoms with Gasteiger partial charge in [-0.1, -0.05) is 6.07 Å². The van der Waals surface area contributed by atoms with Crippen molar-refractivity contribution in [2.45, 2.75) is 6.42 Å². The summed E-state index contributed by atoms with van der Waals surface area (Å²) in [5, 5.41) is 4.04. The summed E-state index contributed by atoms with van der Waals surface area (Å²) in [4.78, 5) is 35.7. The Morgan fingerprint density at radius 1 is 1.23 bits per heavy atom. The quantitative estimate of drug-likeness (QED) is 0.866. The predicted molar refractivity (Wildman–Crippen MR) is 81.4 cm³/mol. The van der Waals surface area contributed by atoms with E-state index in [-0.39, 0.29) is 29.3 Å². The average Bonchev–Trinajstić information content (AvgIpc) is 3.31. The Kier molecular flexibility index (Phi) is 3.44. The third-order valence-electron chi connectivity index (χ3n) is 4.01. The molecule has 2 atom stereocenters. The van der Waals surface area contributed by atoms with Gasteiger partial charge in [-0.3, -0.25) is 14.4 Å². The highest BCUT2D eigenvalue weighted by atomic mass is 16.5. The molecule has 0 radical (unpaired) electrons. The first-order valence-electron chi connectivity index (χ1n) is 7.00. The van der Waals surface area contributed by atoms with Crippen LogP contribution in [0.4, 0.5) is 5.69 Å². The van der Waals surface area contributed by atoms with Gasteiger partial charge in [0.05, 0.1) is 18.9 Å². The number of nitrogens with one attached hydrogen (secondary N) is 1. The fraction of sp³-hybridized carbons (Fsp3) is 0.312. The highest BCUT2D eigenvalue weighted by Crippen LogP contribution is 2.40. The minimum Gasteiger partial charge on any atom is -0.469 e. The Hall–Kier alpha value is -2.63. The van der Waals surface area contributed by atoms with E-state index < -0.39 is 0 Å². The summed E-state index contributed by atoms with van der Waals surface area (Å²) in [5.41, 5.74) is 0.461. The first kappa shape index (κ1) is 14.3. The number of pyridine rings is 1. The maximum absolute atomic E-state index is 12.2. The second-order valence-electron chi connectivity index (χ2n) is 5.46. The van der Waals surface area contributed by atoms with Crippen LogP contribution in [-0.4, -0.2) is 23.6 Å². The van der Waals surface area contributed by atoms with Crippen molar-refractivity contribution < 1.29 is 14.3 Å². The molecule has 22 heavy (non-hydrogen) atoms. The summed E-state index contributed by atoms with van der Waals surface area (Å²) in [6.45, 7) is 0. The molecule has 0 spiro atoms. The van der Waals surface area contributed by atoms with Crippen LogP contribution >= 0.6 is 0 Å². The molecule has 1 aliphatic carbocycles. The zero-order valence-electron chi connectivity index (χ0n) is 12.3. The van der Waals surface area contributed by atoms with Gasteiger partial charge in [0.2, 0.25) is 5.91 Å². The lowest BCUT2D eigenvalue weighted by atomic mass is 10.1. The summed E-state index contributed by atoms with van der Waals surface area (Å²) in [6, 6.07) is 6.98. The molecule has 6 heteroatoms. The van der Waals surface area contributed by atoms with Crippen LogP contribution in [0.15, 0.2) is 35.3 Å². The minimum absolute atomic E-state index is 0.118. The van der Waals surface area contributed by atoms with Crippen molar-refractivity contribution in [3.8, 4) is 0 Å². The number of nitrogens with zero attached hydrogens (tertiary/aromatic N) is 1. The van der Waals surface area contributed by atoms with E-state index in [0.717, 1.165) is 0 Å². The largest absolute Gasteiger partial charge is 0.469 e. The van der Waals surface area contributed by atoms with Crippen molar-refractivity contribution in [1.82, 2.24) is 4.57 Å². The van der Waals surface area contributed by atoms with E-state index in [1.165, 1.54) is 11.7 Å². The van der Waals surface area contributed by atoms with Crippen LogP contribution < -0.4 is 10.9 Å². The van der Waals surface area contributed by atoms with Gasteiger partial charge in [-0.05, 0) is 24.6 Å². The van der Waals surface area contributed by atoms with Gasteiger partial charge < -0.3 is 14.6 Å². The second kappa shape index (κ2) is 5.29. The van der Waals surface area contributed by atoms with Crippen LogP contribution in [0.2, 0.25) is 0 Å². The molecule has 114 valence electrons. The lowest BCUT2D eigenvalue weighted by molar-refractivity contribution is -0.143. The number of hydrogen-bond acceptors (Lipinski definition) is 4. The molecule has 0 aliphatic heterocycles. The van der Waals surface area contributed by atoms with Gasteiger partial charge in [-0.15, -0.1) is 0 Å². The number of amides is 1. The van der Waals surface area contributed by atoms with Crippen molar-refractivity contribution in [2.24, 2.45) is 18.9 Å². The molecule has 3 rings (SSSR count). The van der Waals surface area contributed by atoms with Crippen LogP contribution in [0.3, 0.4) is 0 Å². The number of anilines is 1. The van der Waals surface area contributed by atoms with E-state index in [9.17, 15) is 14.4 Å². The summed E-state index contributed by atoms with van der Waals surface area (Å²) in [7, 11) is 2.99. The van der Waals surface area contributed by atoms with Gasteiger partial charge in [0, 0.05) is 29.7 Å². The van der Waals surface area contributed by atoms with Crippen LogP contribution in [0, 0.1) is 11.8 Å². The summed E-state index contributed by atoms with van der Waals surface area (Å²) < 4.78 is 6.13. The maximum Gasteiger partial charge on any atom is 0.309 e. The van der Waals surface area contributed by atoms with Crippen molar-refractivity contribution in [3.05, 3.63) is 40.8 Å². The van der Waals surface area contributed by atoms with Crippen molar-refractivity contribution in [3.63, 3.8) is 0 Å². The van der Waals surface area contributed by atoms with Crippen molar-refractivity contribution in [1.29, 1.82) is 0 Å². The van der Waals surface area contributed by atoms with Gasteiger partial charge in [-0.2, -0.15) is 0 Å². The molecule has 1 fully saturated rings. The van der Waals surface area contributed by atoms with Gasteiger partial charge in [-0.25, -0.2) is 0 Å². The molecule has 0 bridgehead atoms. The van der Waals surface area contributed by atoms with E-state index in [1.807, 2.05) is 0 Å². The predicted octanol–water partition coefficient (Wildman–Crippen LogP) is 1.29. The normalized spacial score (nSPS) is 19.7. The highest BCUT2D eigenvalue weighted by Gasteiger charge is 2.49. The van der Waals surface area contributed by atoms with Crippen LogP contribution in [-0.2, 0) is 21.4 Å². The van der Waals surface area contributed by atoms with E-state index in [4.69, 9.17) is 0 Å². The molecule has 1 N–H and O–H groups in total. The monoisotopic (exact) mass is 300 g/mol. The molecular formula is C16H16N2O4. The molecule has 1 amide bonds. The lowest BCUT2D eigenvalue weighted by Gasteiger charge is -2.09. The topological polar surface area (TPSA) is 77.4 Å². The zero-order chi connectivity index (χ0) is 15.9. The van der Waals surface area contributed by atoms with E-state index >= 15 is 0 Å². The number of ether oxygens (including phenoxy) is 1. The molecule has 6 nitrogen and oxygen atoms in total. The number of rotatable bonds is 3. The number of fused-ring (bicyclic) bond motifs is 1. The number of aryl methyl sites for hydroxylation is 1. The van der Waals surface area contributed by atoms with Gasteiger partial charge >= 0.3 is 5.97 Å². The van der Waals surface area contributed by atoms with Crippen molar-refractivity contribution >= 4 is 28.3 Å². The number of aromatic nitrogens is 1. The Morgan fingerprint density at radius 3 is 2.73 bits per heavy atom. The molecule has 2 aromatic rings. The zero-order valence-corrected chi connectivity index (χ0v) is 12.3. The lowest BCUT2D eigenvalue weighted by Crippen LogP contribution is -2.19. The summed E-state index contributed by atoms with van der Waals surface area (Å²) in [5.74, 6) is -1.28. The fourth-order valence-corrected chi connectivity index (χ4v) is 2.61. The SMILES string of the molecule is COC(=O)C1CC1C(=O)Nc1cccc2c(=O)n(C)ccc12. The Bertz CT molecular complexity index is 824. The minimum atomic E-state index is -0.355. The second-order valence-corrected chi connectivity index (χ2v) is 5.46. The molecule has 1 aromatic heterocycles. The Morgan fingerprint density at radius 2 is 2.00 bits per heavy atom. The number of benzene rings is 1. The molecule has 1 heterocycles. The maximum atomic E-state index is 12.2. The highest BCUT2D eigenvalue weighted by molar-refractivity contribution is 6.04. The first-order chi connectivity index (χ1) is 10.5. The summed E-state index contributed by atoms with van der Waals surface area (Å²) >= 11 is 0. The average molecular weight is 300 g/mol. The van der Waals surface area contributed by atoms with Gasteiger partial charge in [0.1, 0.15) is 0 Å².